The molecule has 1 atom stereocenters. The van der Waals surface area contributed by atoms with Gasteiger partial charge in [-0.15, -0.1) is 0 Å². The zero-order valence-electron chi connectivity index (χ0n) is 11.2. The lowest BCUT2D eigenvalue weighted by Gasteiger charge is -2.34. The van der Waals surface area contributed by atoms with Crippen LogP contribution in [-0.2, 0) is 9.59 Å². The molecular formula is C13H23NO4. The summed E-state index contributed by atoms with van der Waals surface area (Å²) in [6, 6.07) is 0. The molecule has 1 saturated heterocycles. The molecule has 2 N–H and O–H groups in total. The fraction of sp³-hybridized carbons (Fsp3) is 0.846. The molecule has 5 nitrogen and oxygen atoms in total. The molecule has 0 aromatic carbocycles. The van der Waals surface area contributed by atoms with Crippen LogP contribution in [0.2, 0.25) is 0 Å². The normalized spacial score (nSPS) is 20.8. The highest BCUT2D eigenvalue weighted by atomic mass is 16.4. The number of hydrogen-bond donors (Lipinski definition) is 2. The second kappa shape index (κ2) is 6.18. The number of amides is 1. The van der Waals surface area contributed by atoms with E-state index in [4.69, 9.17) is 10.2 Å². The first-order valence-electron chi connectivity index (χ1n) is 6.44. The molecule has 104 valence electrons. The molecule has 0 spiro atoms. The first-order valence-corrected chi connectivity index (χ1v) is 6.44. The van der Waals surface area contributed by atoms with E-state index in [2.05, 4.69) is 0 Å². The minimum absolute atomic E-state index is 0.000556. The summed E-state index contributed by atoms with van der Waals surface area (Å²) >= 11 is 0. The Morgan fingerprint density at radius 1 is 1.33 bits per heavy atom. The predicted octanol–water partition coefficient (Wildman–Crippen LogP) is 1.11. The minimum Gasteiger partial charge on any atom is -0.481 e. The summed E-state index contributed by atoms with van der Waals surface area (Å²) in [6.45, 7) is 5.03. The summed E-state index contributed by atoms with van der Waals surface area (Å²) in [5, 5.41) is 17.9. The molecule has 1 aliphatic rings. The predicted molar refractivity (Wildman–Crippen MR) is 67.0 cm³/mol. The van der Waals surface area contributed by atoms with Crippen molar-refractivity contribution in [3.63, 3.8) is 0 Å². The summed E-state index contributed by atoms with van der Waals surface area (Å²) in [5.74, 6) is -0.704. The number of carbonyl (C=O) groups is 2. The van der Waals surface area contributed by atoms with E-state index in [1.807, 2.05) is 0 Å². The third kappa shape index (κ3) is 4.64. The zero-order chi connectivity index (χ0) is 13.8. The Kier molecular flexibility index (Phi) is 5.14. The van der Waals surface area contributed by atoms with E-state index < -0.39 is 11.4 Å². The van der Waals surface area contributed by atoms with Gasteiger partial charge in [-0.2, -0.15) is 0 Å². The van der Waals surface area contributed by atoms with Gasteiger partial charge in [0.05, 0.1) is 6.42 Å². The van der Waals surface area contributed by atoms with Gasteiger partial charge in [0, 0.05) is 26.1 Å². The number of nitrogens with zero attached hydrogens (tertiary/aromatic N) is 1. The molecule has 18 heavy (non-hydrogen) atoms. The Balaban J connectivity index is 2.51. The summed E-state index contributed by atoms with van der Waals surface area (Å²) < 4.78 is 0. The van der Waals surface area contributed by atoms with Crippen LogP contribution in [0.3, 0.4) is 0 Å². The minimum atomic E-state index is -0.875. The molecule has 0 aromatic heterocycles. The van der Waals surface area contributed by atoms with Crippen molar-refractivity contribution in [1.29, 1.82) is 0 Å². The summed E-state index contributed by atoms with van der Waals surface area (Å²) in [7, 11) is 0. The van der Waals surface area contributed by atoms with Gasteiger partial charge in [0.2, 0.25) is 5.91 Å². The van der Waals surface area contributed by atoms with Gasteiger partial charge in [-0.05, 0) is 24.2 Å². The van der Waals surface area contributed by atoms with Crippen molar-refractivity contribution in [2.24, 2.45) is 11.3 Å². The van der Waals surface area contributed by atoms with E-state index in [1.54, 1.807) is 18.7 Å². The van der Waals surface area contributed by atoms with Crippen molar-refractivity contribution in [3.05, 3.63) is 0 Å². The summed E-state index contributed by atoms with van der Waals surface area (Å²) in [4.78, 5) is 24.6. The van der Waals surface area contributed by atoms with E-state index in [9.17, 15) is 9.59 Å². The molecular weight excluding hydrogens is 234 g/mol. The zero-order valence-corrected chi connectivity index (χ0v) is 11.2. The molecule has 5 heteroatoms. The Hall–Kier alpha value is -1.10. The fourth-order valence-corrected chi connectivity index (χ4v) is 2.43. The van der Waals surface area contributed by atoms with Crippen LogP contribution in [0.1, 0.15) is 39.5 Å². The standard InChI is InChI=1S/C13H23NO4/c1-13(2,7-12(17)18)6-11(16)14-5-3-4-10(8-14)9-15/h10,15H,3-9H2,1-2H3,(H,17,18). The molecule has 1 fully saturated rings. The number of rotatable bonds is 5. The number of likely N-dealkylation sites (tertiary alicyclic amines) is 1. The number of aliphatic hydroxyl groups excluding tert-OH is 1. The Morgan fingerprint density at radius 3 is 2.56 bits per heavy atom. The van der Waals surface area contributed by atoms with Crippen LogP contribution < -0.4 is 0 Å². The van der Waals surface area contributed by atoms with Crippen molar-refractivity contribution in [2.45, 2.75) is 39.5 Å². The maximum atomic E-state index is 12.1. The smallest absolute Gasteiger partial charge is 0.303 e. The second-order valence-corrected chi connectivity index (χ2v) is 5.94. The lowest BCUT2D eigenvalue weighted by molar-refractivity contribution is -0.141. The molecule has 1 amide bonds. The number of hydrogen-bond acceptors (Lipinski definition) is 3. The molecule has 1 unspecified atom stereocenters. The van der Waals surface area contributed by atoms with Crippen molar-refractivity contribution < 1.29 is 19.8 Å². The highest BCUT2D eigenvalue weighted by Gasteiger charge is 2.30. The average molecular weight is 257 g/mol. The molecule has 1 rings (SSSR count). The number of piperidine rings is 1. The van der Waals surface area contributed by atoms with Gasteiger partial charge >= 0.3 is 5.97 Å². The van der Waals surface area contributed by atoms with E-state index in [0.29, 0.717) is 6.54 Å². The van der Waals surface area contributed by atoms with E-state index in [-0.39, 0.29) is 31.3 Å². The Labute approximate surface area is 108 Å². The van der Waals surface area contributed by atoms with Crippen LogP contribution in [-0.4, -0.2) is 46.7 Å². The molecule has 1 aliphatic heterocycles. The molecule has 0 saturated carbocycles. The van der Waals surface area contributed by atoms with Gasteiger partial charge in [-0.3, -0.25) is 9.59 Å². The monoisotopic (exact) mass is 257 g/mol. The topological polar surface area (TPSA) is 77.8 Å². The highest BCUT2D eigenvalue weighted by molar-refractivity contribution is 5.78. The summed E-state index contributed by atoms with van der Waals surface area (Å²) in [6.07, 6.45) is 2.11. The van der Waals surface area contributed by atoms with Crippen LogP contribution in [0.15, 0.2) is 0 Å². The van der Waals surface area contributed by atoms with Crippen LogP contribution in [0.25, 0.3) is 0 Å². The number of carbonyl (C=O) groups excluding carboxylic acids is 1. The van der Waals surface area contributed by atoms with Crippen molar-refractivity contribution in [2.75, 3.05) is 19.7 Å². The molecule has 1 heterocycles. The van der Waals surface area contributed by atoms with Crippen LogP contribution >= 0.6 is 0 Å². The highest BCUT2D eigenvalue weighted by Crippen LogP contribution is 2.27. The molecule has 0 aromatic rings. The van der Waals surface area contributed by atoms with Crippen molar-refractivity contribution in [3.8, 4) is 0 Å². The van der Waals surface area contributed by atoms with Crippen LogP contribution in [0.4, 0.5) is 0 Å². The lowest BCUT2D eigenvalue weighted by atomic mass is 9.84. The number of aliphatic hydroxyl groups is 1. The van der Waals surface area contributed by atoms with Gasteiger partial charge in [-0.25, -0.2) is 0 Å². The van der Waals surface area contributed by atoms with Crippen molar-refractivity contribution in [1.82, 2.24) is 4.90 Å². The van der Waals surface area contributed by atoms with E-state index >= 15 is 0 Å². The fourth-order valence-electron chi connectivity index (χ4n) is 2.43. The number of carboxylic acids is 1. The maximum Gasteiger partial charge on any atom is 0.303 e. The quantitative estimate of drug-likeness (QED) is 0.773. The number of aliphatic carboxylic acids is 1. The van der Waals surface area contributed by atoms with Gasteiger partial charge in [0.1, 0.15) is 0 Å². The van der Waals surface area contributed by atoms with Gasteiger partial charge in [-0.1, -0.05) is 13.8 Å². The SMILES string of the molecule is CC(C)(CC(=O)O)CC(=O)N1CCCC(CO)C1. The van der Waals surface area contributed by atoms with Crippen LogP contribution in [0, 0.1) is 11.3 Å². The first kappa shape index (κ1) is 15.0. The number of carboxylic acid groups (broad SMARTS) is 1. The Morgan fingerprint density at radius 2 is 2.00 bits per heavy atom. The van der Waals surface area contributed by atoms with Gasteiger partial charge in [0.25, 0.3) is 0 Å². The van der Waals surface area contributed by atoms with Gasteiger partial charge < -0.3 is 15.1 Å². The maximum absolute atomic E-state index is 12.1. The van der Waals surface area contributed by atoms with E-state index in [1.165, 1.54) is 0 Å². The van der Waals surface area contributed by atoms with Crippen molar-refractivity contribution >= 4 is 11.9 Å². The molecule has 0 bridgehead atoms. The average Bonchev–Trinajstić information content (AvgIpc) is 2.26. The first-order chi connectivity index (χ1) is 8.34. The largest absolute Gasteiger partial charge is 0.481 e. The Bertz CT molecular complexity index is 314. The third-order valence-electron chi connectivity index (χ3n) is 3.39. The lowest BCUT2D eigenvalue weighted by Crippen LogP contribution is -2.42. The van der Waals surface area contributed by atoms with E-state index in [0.717, 1.165) is 19.4 Å². The summed E-state index contributed by atoms with van der Waals surface area (Å²) in [5.41, 5.74) is -0.519. The third-order valence-corrected chi connectivity index (χ3v) is 3.39. The second-order valence-electron chi connectivity index (χ2n) is 5.94. The van der Waals surface area contributed by atoms with Crippen LogP contribution in [0.5, 0.6) is 0 Å². The molecule has 0 aliphatic carbocycles. The molecule has 0 radical (unpaired) electrons. The van der Waals surface area contributed by atoms with Gasteiger partial charge in [0.15, 0.2) is 0 Å².